The maximum absolute atomic E-state index is 14.3. The van der Waals surface area contributed by atoms with E-state index >= 15 is 0 Å². The number of carbonyl (C=O) groups is 1. The van der Waals surface area contributed by atoms with Crippen LogP contribution in [0.15, 0.2) is 66.7 Å². The Hall–Kier alpha value is -3.13. The van der Waals surface area contributed by atoms with E-state index in [1.54, 1.807) is 24.3 Å². The van der Waals surface area contributed by atoms with Gasteiger partial charge in [0, 0.05) is 18.7 Å². The molecule has 4 rings (SSSR count). The van der Waals surface area contributed by atoms with Gasteiger partial charge in [0.2, 0.25) is 0 Å². The predicted molar refractivity (Wildman–Crippen MR) is 169 cm³/mol. The molecule has 0 saturated carbocycles. The first-order chi connectivity index (χ1) is 20.5. The average molecular weight is 596 g/mol. The molecule has 0 unspecified atom stereocenters. The van der Waals surface area contributed by atoms with Gasteiger partial charge in [0.25, 0.3) is 0 Å². The fourth-order valence-corrected chi connectivity index (χ4v) is 5.53. The lowest BCUT2D eigenvalue weighted by Crippen LogP contribution is -2.38. The lowest BCUT2D eigenvalue weighted by atomic mass is 10.0. The summed E-state index contributed by atoms with van der Waals surface area (Å²) in [5.74, 6) is 0.114. The highest BCUT2D eigenvalue weighted by molar-refractivity contribution is 6.32. The lowest BCUT2D eigenvalue weighted by Gasteiger charge is -2.31. The zero-order valence-electron chi connectivity index (χ0n) is 24.3. The summed E-state index contributed by atoms with van der Waals surface area (Å²) in [6, 6.07) is 19.3. The van der Waals surface area contributed by atoms with Gasteiger partial charge in [-0.25, -0.2) is 9.18 Å². The molecule has 0 aliphatic carbocycles. The van der Waals surface area contributed by atoms with E-state index in [0.717, 1.165) is 51.0 Å². The third-order valence-corrected chi connectivity index (χ3v) is 7.98. The Morgan fingerprint density at radius 2 is 1.64 bits per heavy atom. The normalized spacial score (nSPS) is 14.1. The Morgan fingerprint density at radius 3 is 2.36 bits per heavy atom. The minimum atomic E-state index is -0.537. The van der Waals surface area contributed by atoms with Gasteiger partial charge in [0.05, 0.1) is 10.7 Å². The summed E-state index contributed by atoms with van der Waals surface area (Å²) in [4.78, 5) is 15.3. The smallest absolute Gasteiger partial charge is 0.411 e. The quantitative estimate of drug-likeness (QED) is 0.172. The Morgan fingerprint density at radius 1 is 0.929 bits per heavy atom. The fourth-order valence-electron chi connectivity index (χ4n) is 5.29. The van der Waals surface area contributed by atoms with Crippen LogP contribution in [0.3, 0.4) is 0 Å². The van der Waals surface area contributed by atoms with Crippen molar-refractivity contribution in [2.24, 2.45) is 5.73 Å². The van der Waals surface area contributed by atoms with Crippen LogP contribution in [0.25, 0.3) is 11.1 Å². The Kier molecular flexibility index (Phi) is 12.9. The number of amides is 1. The number of halogens is 2. The molecule has 0 bridgehead atoms. The molecule has 3 N–H and O–H groups in total. The molecular formula is C34H43ClFN3O3. The largest absolute Gasteiger partial charge is 0.487 e. The summed E-state index contributed by atoms with van der Waals surface area (Å²) in [6.45, 7) is 4.12. The molecule has 1 amide bonds. The number of nitrogens with one attached hydrogen (secondary N) is 1. The molecule has 8 heteroatoms. The molecule has 0 aromatic heterocycles. The molecular weight excluding hydrogens is 553 g/mol. The van der Waals surface area contributed by atoms with Crippen molar-refractivity contribution >= 4 is 23.4 Å². The molecule has 0 radical (unpaired) electrons. The van der Waals surface area contributed by atoms with Crippen molar-refractivity contribution < 1.29 is 18.7 Å². The van der Waals surface area contributed by atoms with Gasteiger partial charge in [-0.3, -0.25) is 5.32 Å². The van der Waals surface area contributed by atoms with Crippen LogP contribution in [0.2, 0.25) is 5.02 Å². The van der Waals surface area contributed by atoms with E-state index in [0.29, 0.717) is 34.2 Å². The summed E-state index contributed by atoms with van der Waals surface area (Å²) in [5.41, 5.74) is 8.20. The lowest BCUT2D eigenvalue weighted by molar-refractivity contribution is 0.0584. The maximum atomic E-state index is 14.3. The summed E-state index contributed by atoms with van der Waals surface area (Å²) in [5, 5.41) is 3.22. The minimum absolute atomic E-state index is 0.136. The first-order valence-corrected chi connectivity index (χ1v) is 15.6. The van der Waals surface area contributed by atoms with Gasteiger partial charge in [-0.2, -0.15) is 0 Å². The van der Waals surface area contributed by atoms with E-state index in [9.17, 15) is 9.18 Å². The molecule has 0 atom stereocenters. The van der Waals surface area contributed by atoms with Gasteiger partial charge < -0.3 is 20.1 Å². The number of rotatable bonds is 15. The fraction of sp³-hybridized carbons (Fsp3) is 0.441. The number of hydrogen-bond acceptors (Lipinski definition) is 5. The number of likely N-dealkylation sites (tertiary alicyclic amines) is 1. The number of hydrogen-bond donors (Lipinski definition) is 2. The topological polar surface area (TPSA) is 76.8 Å². The number of piperidine rings is 1. The van der Waals surface area contributed by atoms with E-state index in [2.05, 4.69) is 10.2 Å². The highest BCUT2D eigenvalue weighted by Crippen LogP contribution is 2.35. The van der Waals surface area contributed by atoms with Crippen LogP contribution in [0.1, 0.15) is 63.4 Å². The number of unbranched alkanes of at least 4 members (excludes halogenated alkanes) is 6. The van der Waals surface area contributed by atoms with Crippen molar-refractivity contribution in [1.29, 1.82) is 0 Å². The van der Waals surface area contributed by atoms with Gasteiger partial charge in [0.15, 0.2) is 0 Å². The molecule has 1 aliphatic heterocycles. The first kappa shape index (κ1) is 31.8. The second-order valence-electron chi connectivity index (χ2n) is 10.9. The number of carbonyl (C=O) groups excluding carboxylic acids is 1. The molecule has 1 aliphatic rings. The van der Waals surface area contributed by atoms with Crippen molar-refractivity contribution in [3.63, 3.8) is 0 Å². The SMILES string of the molecule is NCCCCCCCCCN1CCC(OC(=O)Nc2ccc(F)cc2-c2ccc(OCc3ccccc3)c(Cl)c2)CC1. The number of benzene rings is 3. The number of ether oxygens (including phenoxy) is 2. The summed E-state index contributed by atoms with van der Waals surface area (Å²) < 4.78 is 25.9. The van der Waals surface area contributed by atoms with Gasteiger partial charge in [-0.15, -0.1) is 0 Å². The van der Waals surface area contributed by atoms with Crippen LogP contribution in [-0.4, -0.2) is 43.3 Å². The molecule has 0 spiro atoms. The summed E-state index contributed by atoms with van der Waals surface area (Å²) in [7, 11) is 0. The molecule has 1 fully saturated rings. The number of anilines is 1. The molecule has 3 aromatic carbocycles. The van der Waals surface area contributed by atoms with Crippen LogP contribution >= 0.6 is 11.6 Å². The average Bonchev–Trinajstić information content (AvgIpc) is 3.00. The van der Waals surface area contributed by atoms with Crippen molar-refractivity contribution in [3.8, 4) is 16.9 Å². The summed E-state index contributed by atoms with van der Waals surface area (Å²) >= 11 is 6.52. The third-order valence-electron chi connectivity index (χ3n) is 7.69. The van der Waals surface area contributed by atoms with Crippen LogP contribution in [0.5, 0.6) is 5.75 Å². The Bertz CT molecular complexity index is 1250. The summed E-state index contributed by atoms with van der Waals surface area (Å²) in [6.07, 6.45) is 9.65. The number of nitrogens with zero attached hydrogens (tertiary/aromatic N) is 1. The molecule has 6 nitrogen and oxygen atoms in total. The number of nitrogens with two attached hydrogens (primary N) is 1. The molecule has 1 saturated heterocycles. The monoisotopic (exact) mass is 595 g/mol. The minimum Gasteiger partial charge on any atom is -0.487 e. The zero-order chi connectivity index (χ0) is 29.6. The van der Waals surface area contributed by atoms with E-state index < -0.39 is 11.9 Å². The highest BCUT2D eigenvalue weighted by atomic mass is 35.5. The van der Waals surface area contributed by atoms with Gasteiger partial charge >= 0.3 is 6.09 Å². The second kappa shape index (κ2) is 17.1. The Balaban J connectivity index is 1.24. The van der Waals surface area contributed by atoms with Crippen molar-refractivity contribution in [3.05, 3.63) is 83.1 Å². The van der Waals surface area contributed by atoms with E-state index in [1.165, 1.54) is 50.7 Å². The van der Waals surface area contributed by atoms with Gasteiger partial charge in [-0.05, 0) is 80.2 Å². The van der Waals surface area contributed by atoms with E-state index in [4.69, 9.17) is 26.8 Å². The zero-order valence-corrected chi connectivity index (χ0v) is 25.1. The Labute approximate surface area is 254 Å². The predicted octanol–water partition coefficient (Wildman–Crippen LogP) is 8.43. The first-order valence-electron chi connectivity index (χ1n) is 15.2. The van der Waals surface area contributed by atoms with E-state index in [-0.39, 0.29) is 6.10 Å². The van der Waals surface area contributed by atoms with Crippen molar-refractivity contribution in [2.45, 2.75) is 70.5 Å². The standard InChI is InChI=1S/C34H43ClFN3O3/c35-31-23-27(13-16-33(31)41-25-26-11-7-6-8-12-26)30-24-28(36)14-15-32(30)38-34(40)42-29-17-21-39(22-18-29)20-10-5-3-1-2-4-9-19-37/h6-8,11-16,23-24,29H,1-5,9-10,17-22,25,37H2,(H,38,40). The second-order valence-corrected chi connectivity index (χ2v) is 11.4. The van der Waals surface area contributed by atoms with Crippen LogP contribution in [0.4, 0.5) is 14.9 Å². The van der Waals surface area contributed by atoms with Crippen LogP contribution < -0.4 is 15.8 Å². The molecule has 42 heavy (non-hydrogen) atoms. The molecule has 226 valence electrons. The van der Waals surface area contributed by atoms with Crippen molar-refractivity contribution in [2.75, 3.05) is 31.5 Å². The maximum Gasteiger partial charge on any atom is 0.411 e. The van der Waals surface area contributed by atoms with Gasteiger partial charge in [-0.1, -0.05) is 80.1 Å². The van der Waals surface area contributed by atoms with Crippen molar-refractivity contribution in [1.82, 2.24) is 4.90 Å². The van der Waals surface area contributed by atoms with Crippen LogP contribution in [-0.2, 0) is 11.3 Å². The van der Waals surface area contributed by atoms with Crippen LogP contribution in [0, 0.1) is 5.82 Å². The third kappa shape index (κ3) is 10.3. The van der Waals surface area contributed by atoms with E-state index in [1.807, 2.05) is 30.3 Å². The highest BCUT2D eigenvalue weighted by Gasteiger charge is 2.23. The molecule has 3 aromatic rings. The van der Waals surface area contributed by atoms with Gasteiger partial charge in [0.1, 0.15) is 24.3 Å². The molecule has 1 heterocycles.